The van der Waals surface area contributed by atoms with Crippen LogP contribution in [0.4, 0.5) is 0 Å². The molecular formula is C12H26N2. The van der Waals surface area contributed by atoms with E-state index >= 15 is 0 Å². The Morgan fingerprint density at radius 2 is 1.86 bits per heavy atom. The van der Waals surface area contributed by atoms with Crippen LogP contribution in [-0.2, 0) is 0 Å². The minimum absolute atomic E-state index is 0.694. The normalized spacial score (nSPS) is 34.1. The van der Waals surface area contributed by atoms with Gasteiger partial charge in [0.25, 0.3) is 0 Å². The number of likely N-dealkylation sites (N-methyl/N-ethyl adjacent to an activating group) is 2. The van der Waals surface area contributed by atoms with Crippen LogP contribution < -0.4 is 5.32 Å². The summed E-state index contributed by atoms with van der Waals surface area (Å²) in [6, 6.07) is 1.42. The molecule has 3 unspecified atom stereocenters. The number of rotatable bonds is 3. The van der Waals surface area contributed by atoms with Crippen molar-refractivity contribution in [1.82, 2.24) is 10.2 Å². The Kier molecular flexibility index (Phi) is 4.39. The number of nitrogens with one attached hydrogen (secondary N) is 1. The number of nitrogens with zero attached hydrogens (tertiary/aromatic N) is 1. The topological polar surface area (TPSA) is 15.3 Å². The van der Waals surface area contributed by atoms with Crippen LogP contribution in [-0.4, -0.2) is 38.1 Å². The highest BCUT2D eigenvalue weighted by molar-refractivity contribution is 4.89. The van der Waals surface area contributed by atoms with E-state index in [0.29, 0.717) is 6.04 Å². The molecule has 14 heavy (non-hydrogen) atoms. The van der Waals surface area contributed by atoms with Gasteiger partial charge in [-0.15, -0.1) is 0 Å². The monoisotopic (exact) mass is 198 g/mol. The van der Waals surface area contributed by atoms with Crippen molar-refractivity contribution in [3.63, 3.8) is 0 Å². The van der Waals surface area contributed by atoms with Gasteiger partial charge >= 0.3 is 0 Å². The van der Waals surface area contributed by atoms with Gasteiger partial charge in [-0.3, -0.25) is 0 Å². The third-order valence-corrected chi connectivity index (χ3v) is 3.83. The van der Waals surface area contributed by atoms with E-state index in [1.807, 2.05) is 0 Å². The highest BCUT2D eigenvalue weighted by atomic mass is 15.1. The third-order valence-electron chi connectivity index (χ3n) is 3.83. The largest absolute Gasteiger partial charge is 0.315 e. The molecule has 2 nitrogen and oxygen atoms in total. The van der Waals surface area contributed by atoms with E-state index in [9.17, 15) is 0 Å². The first-order valence-corrected chi connectivity index (χ1v) is 5.90. The fraction of sp³-hybridized carbons (Fsp3) is 1.00. The van der Waals surface area contributed by atoms with Crippen molar-refractivity contribution in [1.29, 1.82) is 0 Å². The molecule has 1 aliphatic carbocycles. The lowest BCUT2D eigenvalue weighted by atomic mass is 9.76. The second kappa shape index (κ2) is 5.13. The predicted molar refractivity (Wildman–Crippen MR) is 62.5 cm³/mol. The standard InChI is InChI=1S/C12H26N2/c1-9(2)10-6-7-11(13-3)12(8-10)14(4)5/h9-13H,6-8H2,1-5H3. The van der Waals surface area contributed by atoms with Crippen LogP contribution in [0.2, 0.25) is 0 Å². The number of hydrogen-bond acceptors (Lipinski definition) is 2. The Bertz CT molecular complexity index is 166. The molecule has 0 spiro atoms. The Morgan fingerprint density at radius 3 is 2.29 bits per heavy atom. The number of hydrogen-bond donors (Lipinski definition) is 1. The molecular weight excluding hydrogens is 172 g/mol. The first kappa shape index (κ1) is 12.0. The fourth-order valence-corrected chi connectivity index (χ4v) is 2.69. The summed E-state index contributed by atoms with van der Waals surface area (Å²) in [4.78, 5) is 2.38. The van der Waals surface area contributed by atoms with Gasteiger partial charge in [0.2, 0.25) is 0 Å². The Balaban J connectivity index is 2.57. The van der Waals surface area contributed by atoms with Crippen molar-refractivity contribution in [3.8, 4) is 0 Å². The predicted octanol–water partition coefficient (Wildman–Crippen LogP) is 1.96. The Hall–Kier alpha value is -0.0800. The molecule has 0 heterocycles. The molecule has 2 heteroatoms. The fourth-order valence-electron chi connectivity index (χ4n) is 2.69. The van der Waals surface area contributed by atoms with E-state index in [1.165, 1.54) is 19.3 Å². The molecule has 1 fully saturated rings. The lowest BCUT2D eigenvalue weighted by Gasteiger charge is -2.41. The second-order valence-corrected chi connectivity index (χ2v) is 5.24. The van der Waals surface area contributed by atoms with E-state index in [-0.39, 0.29) is 0 Å². The van der Waals surface area contributed by atoms with Gasteiger partial charge in [0.1, 0.15) is 0 Å². The van der Waals surface area contributed by atoms with Crippen LogP contribution in [0.1, 0.15) is 33.1 Å². The van der Waals surface area contributed by atoms with Gasteiger partial charge in [0, 0.05) is 12.1 Å². The summed E-state index contributed by atoms with van der Waals surface area (Å²) in [6.07, 6.45) is 4.09. The Labute approximate surface area is 89.1 Å². The molecule has 0 aromatic rings. The van der Waals surface area contributed by atoms with E-state index < -0.39 is 0 Å². The van der Waals surface area contributed by atoms with Crippen LogP contribution in [0.25, 0.3) is 0 Å². The van der Waals surface area contributed by atoms with Gasteiger partial charge in [-0.2, -0.15) is 0 Å². The highest BCUT2D eigenvalue weighted by Gasteiger charge is 2.31. The van der Waals surface area contributed by atoms with E-state index in [0.717, 1.165) is 17.9 Å². The summed E-state index contributed by atoms with van der Waals surface area (Å²) < 4.78 is 0. The first-order chi connectivity index (χ1) is 6.56. The van der Waals surface area contributed by atoms with Crippen molar-refractivity contribution >= 4 is 0 Å². The molecule has 1 saturated carbocycles. The van der Waals surface area contributed by atoms with E-state index in [4.69, 9.17) is 0 Å². The minimum atomic E-state index is 0.694. The molecule has 84 valence electrons. The molecule has 3 atom stereocenters. The van der Waals surface area contributed by atoms with Crippen molar-refractivity contribution in [2.24, 2.45) is 11.8 Å². The molecule has 1 N–H and O–H groups in total. The quantitative estimate of drug-likeness (QED) is 0.746. The lowest BCUT2D eigenvalue weighted by molar-refractivity contribution is 0.124. The highest BCUT2D eigenvalue weighted by Crippen LogP contribution is 2.31. The zero-order chi connectivity index (χ0) is 10.7. The summed E-state index contributed by atoms with van der Waals surface area (Å²) in [6.45, 7) is 4.72. The molecule has 0 aromatic heterocycles. The second-order valence-electron chi connectivity index (χ2n) is 5.24. The SMILES string of the molecule is CNC1CCC(C(C)C)CC1N(C)C. The van der Waals surface area contributed by atoms with Gasteiger partial charge in [-0.25, -0.2) is 0 Å². The van der Waals surface area contributed by atoms with Crippen LogP contribution in [0.3, 0.4) is 0 Å². The average Bonchev–Trinajstić information content (AvgIpc) is 2.16. The van der Waals surface area contributed by atoms with Gasteiger partial charge in [0.15, 0.2) is 0 Å². The van der Waals surface area contributed by atoms with E-state index in [1.54, 1.807) is 0 Å². The molecule has 0 radical (unpaired) electrons. The van der Waals surface area contributed by atoms with Crippen LogP contribution in [0, 0.1) is 11.8 Å². The van der Waals surface area contributed by atoms with Gasteiger partial charge < -0.3 is 10.2 Å². The van der Waals surface area contributed by atoms with Crippen LogP contribution >= 0.6 is 0 Å². The molecule has 1 rings (SSSR count). The summed E-state index contributed by atoms with van der Waals surface area (Å²) in [7, 11) is 6.51. The maximum absolute atomic E-state index is 3.45. The maximum atomic E-state index is 3.45. The molecule has 0 aromatic carbocycles. The van der Waals surface area contributed by atoms with Crippen molar-refractivity contribution in [2.45, 2.75) is 45.2 Å². The smallest absolute Gasteiger partial charge is 0.0245 e. The van der Waals surface area contributed by atoms with Crippen molar-refractivity contribution in [2.75, 3.05) is 21.1 Å². The Morgan fingerprint density at radius 1 is 1.21 bits per heavy atom. The van der Waals surface area contributed by atoms with Gasteiger partial charge in [0.05, 0.1) is 0 Å². The first-order valence-electron chi connectivity index (χ1n) is 5.90. The minimum Gasteiger partial charge on any atom is -0.315 e. The third kappa shape index (κ3) is 2.71. The van der Waals surface area contributed by atoms with E-state index in [2.05, 4.69) is 45.2 Å². The van der Waals surface area contributed by atoms with Crippen LogP contribution in [0.5, 0.6) is 0 Å². The van der Waals surface area contributed by atoms with Crippen LogP contribution in [0.15, 0.2) is 0 Å². The summed E-state index contributed by atoms with van der Waals surface area (Å²) >= 11 is 0. The van der Waals surface area contributed by atoms with Crippen molar-refractivity contribution in [3.05, 3.63) is 0 Å². The zero-order valence-electron chi connectivity index (χ0n) is 10.4. The molecule has 0 saturated heterocycles. The van der Waals surface area contributed by atoms with Gasteiger partial charge in [-0.1, -0.05) is 13.8 Å². The molecule has 0 bridgehead atoms. The summed E-state index contributed by atoms with van der Waals surface area (Å²) in [5, 5.41) is 3.45. The lowest BCUT2D eigenvalue weighted by Crippen LogP contribution is -2.50. The summed E-state index contributed by atoms with van der Waals surface area (Å²) in [5.74, 6) is 1.77. The average molecular weight is 198 g/mol. The molecule has 0 amide bonds. The molecule has 1 aliphatic rings. The maximum Gasteiger partial charge on any atom is 0.0245 e. The molecule has 0 aliphatic heterocycles. The van der Waals surface area contributed by atoms with Crippen molar-refractivity contribution < 1.29 is 0 Å². The van der Waals surface area contributed by atoms with Gasteiger partial charge in [-0.05, 0) is 52.2 Å². The summed E-state index contributed by atoms with van der Waals surface area (Å²) in [5.41, 5.74) is 0. The zero-order valence-corrected chi connectivity index (χ0v) is 10.4.